The van der Waals surface area contributed by atoms with Crippen LogP contribution < -0.4 is 0 Å². The molecule has 0 radical (unpaired) electrons. The van der Waals surface area contributed by atoms with Crippen LogP contribution in [-0.2, 0) is 9.59 Å². The average molecular weight is 381 g/mol. The van der Waals surface area contributed by atoms with Gasteiger partial charge in [-0.2, -0.15) is 0 Å². The molecule has 1 aliphatic carbocycles. The first-order chi connectivity index (χ1) is 12.7. The maximum absolute atomic E-state index is 12.3. The number of hydrogen-bond donors (Lipinski definition) is 3. The number of carbonyl (C=O) groups excluding carboxylic acids is 1. The van der Waals surface area contributed by atoms with Gasteiger partial charge in [-0.3, -0.25) is 9.59 Å². The van der Waals surface area contributed by atoms with Crippen molar-refractivity contribution < 1.29 is 24.9 Å². The predicted octanol–water partition coefficient (Wildman–Crippen LogP) is 3.89. The van der Waals surface area contributed by atoms with Crippen molar-refractivity contribution in [1.29, 1.82) is 0 Å². The van der Waals surface area contributed by atoms with Gasteiger partial charge < -0.3 is 15.3 Å². The lowest BCUT2D eigenvalue weighted by Gasteiger charge is -2.29. The zero-order valence-corrected chi connectivity index (χ0v) is 16.9. The van der Waals surface area contributed by atoms with Crippen LogP contribution in [-0.4, -0.2) is 39.3 Å². The molecule has 27 heavy (non-hydrogen) atoms. The van der Waals surface area contributed by atoms with Crippen molar-refractivity contribution in [3.05, 3.63) is 24.3 Å². The van der Waals surface area contributed by atoms with E-state index in [0.717, 1.165) is 19.3 Å². The number of carbonyl (C=O) groups is 2. The second-order valence-corrected chi connectivity index (χ2v) is 8.34. The Morgan fingerprint density at radius 3 is 2.63 bits per heavy atom. The minimum Gasteiger partial charge on any atom is -0.481 e. The molecule has 1 rings (SSSR count). The monoisotopic (exact) mass is 380 g/mol. The Morgan fingerprint density at radius 2 is 2.00 bits per heavy atom. The fourth-order valence-corrected chi connectivity index (χ4v) is 3.53. The Morgan fingerprint density at radius 1 is 1.30 bits per heavy atom. The van der Waals surface area contributed by atoms with E-state index in [1.807, 2.05) is 26.0 Å². The summed E-state index contributed by atoms with van der Waals surface area (Å²) in [5.41, 5.74) is -0.244. The highest BCUT2D eigenvalue weighted by molar-refractivity contribution is 5.86. The molecule has 154 valence electrons. The molecule has 0 amide bonds. The average Bonchev–Trinajstić information content (AvgIpc) is 2.86. The molecule has 4 atom stereocenters. The van der Waals surface area contributed by atoms with Crippen LogP contribution >= 0.6 is 0 Å². The summed E-state index contributed by atoms with van der Waals surface area (Å²) in [5, 5.41) is 29.3. The predicted molar refractivity (Wildman–Crippen MR) is 106 cm³/mol. The van der Waals surface area contributed by atoms with Crippen LogP contribution in [0.5, 0.6) is 0 Å². The molecule has 3 N–H and O–H groups in total. The molecule has 5 nitrogen and oxygen atoms in total. The fraction of sp³-hybridized carbons (Fsp3) is 0.727. The SMILES string of the molecule is CCCCC(C)(C)[C@@H](O)C=C[C@H]1C(=O)C[C@H](O)[C@@H]1CC=CCCCC(=O)O. The molecule has 5 heteroatoms. The molecule has 0 bridgehead atoms. The third-order valence-electron chi connectivity index (χ3n) is 5.55. The van der Waals surface area contributed by atoms with Gasteiger partial charge in [-0.15, -0.1) is 0 Å². The van der Waals surface area contributed by atoms with E-state index in [4.69, 9.17) is 5.11 Å². The van der Waals surface area contributed by atoms with E-state index in [0.29, 0.717) is 19.3 Å². The van der Waals surface area contributed by atoms with Gasteiger partial charge in [0.15, 0.2) is 0 Å². The Kier molecular flexibility index (Phi) is 9.95. The van der Waals surface area contributed by atoms with E-state index in [1.165, 1.54) is 0 Å². The molecule has 0 aromatic rings. The largest absolute Gasteiger partial charge is 0.481 e. The van der Waals surface area contributed by atoms with Crippen molar-refractivity contribution in [2.75, 3.05) is 0 Å². The highest BCUT2D eigenvalue weighted by Gasteiger charge is 2.39. The van der Waals surface area contributed by atoms with E-state index in [9.17, 15) is 19.8 Å². The molecule has 1 aliphatic rings. The van der Waals surface area contributed by atoms with Crippen molar-refractivity contribution in [3.63, 3.8) is 0 Å². The van der Waals surface area contributed by atoms with Crippen molar-refractivity contribution in [3.8, 4) is 0 Å². The summed E-state index contributed by atoms with van der Waals surface area (Å²) in [6.45, 7) is 6.18. The van der Waals surface area contributed by atoms with Crippen LogP contribution in [0.15, 0.2) is 24.3 Å². The van der Waals surface area contributed by atoms with Crippen LogP contribution in [0.4, 0.5) is 0 Å². The fourth-order valence-electron chi connectivity index (χ4n) is 3.53. The van der Waals surface area contributed by atoms with Crippen LogP contribution in [0.3, 0.4) is 0 Å². The first-order valence-electron chi connectivity index (χ1n) is 10.1. The first kappa shape index (κ1) is 23.6. The molecule has 1 fully saturated rings. The van der Waals surface area contributed by atoms with E-state index in [-0.39, 0.29) is 35.9 Å². The number of ketones is 1. The van der Waals surface area contributed by atoms with Crippen molar-refractivity contribution >= 4 is 11.8 Å². The minimum absolute atomic E-state index is 0.0154. The number of carboxylic acid groups (broad SMARTS) is 1. The Bertz CT molecular complexity index is 535. The lowest BCUT2D eigenvalue weighted by atomic mass is 9.80. The highest BCUT2D eigenvalue weighted by Crippen LogP contribution is 2.35. The molecule has 0 aromatic heterocycles. The van der Waals surface area contributed by atoms with Crippen molar-refractivity contribution in [2.45, 2.75) is 84.3 Å². The van der Waals surface area contributed by atoms with Gasteiger partial charge in [0.25, 0.3) is 0 Å². The van der Waals surface area contributed by atoms with Gasteiger partial charge in [0, 0.05) is 24.7 Å². The molecular formula is C22H36O5. The molecule has 0 unspecified atom stereocenters. The number of Topliss-reactive ketones (excluding diaryl/α,β-unsaturated/α-hetero) is 1. The summed E-state index contributed by atoms with van der Waals surface area (Å²) in [7, 11) is 0. The minimum atomic E-state index is -0.800. The summed E-state index contributed by atoms with van der Waals surface area (Å²) in [5.74, 6) is -1.34. The topological polar surface area (TPSA) is 94.8 Å². The van der Waals surface area contributed by atoms with E-state index < -0.39 is 18.2 Å². The van der Waals surface area contributed by atoms with Crippen molar-refractivity contribution in [1.82, 2.24) is 0 Å². The zero-order valence-electron chi connectivity index (χ0n) is 16.9. The maximum Gasteiger partial charge on any atom is 0.303 e. The third kappa shape index (κ3) is 7.97. The van der Waals surface area contributed by atoms with Gasteiger partial charge in [-0.05, 0) is 31.1 Å². The summed E-state index contributed by atoms with van der Waals surface area (Å²) in [4.78, 5) is 22.8. The van der Waals surface area contributed by atoms with Crippen LogP contribution in [0.25, 0.3) is 0 Å². The van der Waals surface area contributed by atoms with E-state index in [1.54, 1.807) is 12.2 Å². The molecule has 0 saturated heterocycles. The van der Waals surface area contributed by atoms with Gasteiger partial charge in [0.2, 0.25) is 0 Å². The summed E-state index contributed by atoms with van der Waals surface area (Å²) in [6, 6.07) is 0. The van der Waals surface area contributed by atoms with Crippen molar-refractivity contribution in [2.24, 2.45) is 17.3 Å². The number of aliphatic hydroxyl groups is 2. The van der Waals surface area contributed by atoms with Gasteiger partial charge >= 0.3 is 5.97 Å². The van der Waals surface area contributed by atoms with Crippen LogP contribution in [0.1, 0.15) is 72.1 Å². The molecule has 0 aliphatic heterocycles. The quantitative estimate of drug-likeness (QED) is 0.353. The number of rotatable bonds is 12. The summed E-state index contributed by atoms with van der Waals surface area (Å²) >= 11 is 0. The Hall–Kier alpha value is -1.46. The third-order valence-corrected chi connectivity index (χ3v) is 5.55. The van der Waals surface area contributed by atoms with Crippen LogP contribution in [0, 0.1) is 17.3 Å². The molecule has 0 spiro atoms. The van der Waals surface area contributed by atoms with E-state index in [2.05, 4.69) is 6.92 Å². The molecule has 1 saturated carbocycles. The zero-order chi connectivity index (χ0) is 20.4. The standard InChI is InChI=1S/C22H36O5/c1-4-5-14-22(2,3)20(25)13-12-17-16(18(23)15-19(17)24)10-8-6-7-9-11-21(26)27/h6,8,12-13,16-18,20,23,25H,4-5,7,9-11,14-15H2,1-3H3,(H,26,27)/t16-,17-,18+,20+/m1/s1. The maximum atomic E-state index is 12.3. The number of aliphatic carboxylic acids is 1. The second kappa shape index (κ2) is 11.4. The smallest absolute Gasteiger partial charge is 0.303 e. The van der Waals surface area contributed by atoms with Crippen LogP contribution in [0.2, 0.25) is 0 Å². The van der Waals surface area contributed by atoms with Gasteiger partial charge in [0.05, 0.1) is 12.2 Å². The number of carboxylic acids is 1. The molecule has 0 heterocycles. The number of unbranched alkanes of at least 4 members (excludes halogenated alkanes) is 2. The Balaban J connectivity index is 2.63. The van der Waals surface area contributed by atoms with Gasteiger partial charge in [-0.25, -0.2) is 0 Å². The normalized spacial score (nSPS) is 24.9. The summed E-state index contributed by atoms with van der Waals surface area (Å²) < 4.78 is 0. The second-order valence-electron chi connectivity index (χ2n) is 8.34. The highest BCUT2D eigenvalue weighted by atomic mass is 16.4. The summed E-state index contributed by atoms with van der Waals surface area (Å²) in [6.07, 6.45) is 11.2. The number of aliphatic hydroxyl groups excluding tert-OH is 2. The lowest BCUT2D eigenvalue weighted by molar-refractivity contribution is -0.137. The van der Waals surface area contributed by atoms with E-state index >= 15 is 0 Å². The first-order valence-corrected chi connectivity index (χ1v) is 10.1. The Labute approximate surface area is 163 Å². The van der Waals surface area contributed by atoms with Gasteiger partial charge in [0.1, 0.15) is 5.78 Å². The lowest BCUT2D eigenvalue weighted by Crippen LogP contribution is -2.28. The number of allylic oxidation sites excluding steroid dienone is 3. The molecule has 0 aromatic carbocycles. The molecular weight excluding hydrogens is 344 g/mol. The number of hydrogen-bond acceptors (Lipinski definition) is 4. The van der Waals surface area contributed by atoms with Gasteiger partial charge in [-0.1, -0.05) is 57.9 Å².